The molecule has 0 unspecified atom stereocenters. The molecule has 3 N–H and O–H groups in total. The molecular formula is C15H16N4. The predicted molar refractivity (Wildman–Crippen MR) is 77.0 cm³/mol. The van der Waals surface area contributed by atoms with Crippen LogP contribution in [0.5, 0.6) is 0 Å². The number of H-pyrrole nitrogens is 1. The third-order valence-electron chi connectivity index (χ3n) is 3.28. The predicted octanol–water partition coefficient (Wildman–Crippen LogP) is 2.75. The highest BCUT2D eigenvalue weighted by molar-refractivity contribution is 5.72. The van der Waals surface area contributed by atoms with Gasteiger partial charge in [0, 0.05) is 6.42 Å². The highest BCUT2D eigenvalue weighted by Crippen LogP contribution is 2.17. The number of aromatic amines is 1. The van der Waals surface area contributed by atoms with E-state index in [0.29, 0.717) is 11.5 Å². The topological polar surface area (TPSA) is 67.6 Å². The van der Waals surface area contributed by atoms with Crippen LogP contribution in [0.3, 0.4) is 0 Å². The first kappa shape index (κ1) is 11.7. The maximum Gasteiger partial charge on any atom is 0.179 e. The first-order chi connectivity index (χ1) is 9.11. The highest BCUT2D eigenvalue weighted by Gasteiger charge is 2.07. The van der Waals surface area contributed by atoms with Crippen LogP contribution in [0.2, 0.25) is 0 Å². The van der Waals surface area contributed by atoms with E-state index in [9.17, 15) is 0 Å². The number of nitrogen functional groups attached to an aromatic ring is 1. The summed E-state index contributed by atoms with van der Waals surface area (Å²) < 4.78 is 0. The summed E-state index contributed by atoms with van der Waals surface area (Å²) in [4.78, 5) is 12.0. The Hall–Kier alpha value is -2.36. The van der Waals surface area contributed by atoms with E-state index < -0.39 is 0 Å². The summed E-state index contributed by atoms with van der Waals surface area (Å²) in [5, 5.41) is 0. The molecular weight excluding hydrogens is 236 g/mol. The van der Waals surface area contributed by atoms with Crippen LogP contribution in [-0.4, -0.2) is 15.0 Å². The van der Waals surface area contributed by atoms with Gasteiger partial charge in [-0.2, -0.15) is 0 Å². The number of anilines is 1. The number of benzene rings is 1. The second kappa shape index (κ2) is 4.39. The van der Waals surface area contributed by atoms with Gasteiger partial charge >= 0.3 is 0 Å². The van der Waals surface area contributed by atoms with Gasteiger partial charge < -0.3 is 10.7 Å². The average molecular weight is 252 g/mol. The molecule has 0 aliphatic heterocycles. The van der Waals surface area contributed by atoms with Crippen molar-refractivity contribution in [3.63, 3.8) is 0 Å². The molecule has 0 bridgehead atoms. The number of aryl methyl sites for hydroxylation is 2. The van der Waals surface area contributed by atoms with Crippen LogP contribution in [0.1, 0.15) is 22.5 Å². The van der Waals surface area contributed by atoms with Crippen LogP contribution in [-0.2, 0) is 6.42 Å². The molecule has 0 radical (unpaired) electrons. The van der Waals surface area contributed by atoms with Gasteiger partial charge in [-0.25, -0.2) is 9.97 Å². The number of fused-ring (bicyclic) bond motifs is 1. The van der Waals surface area contributed by atoms with E-state index in [0.717, 1.165) is 17.8 Å². The van der Waals surface area contributed by atoms with E-state index in [1.54, 1.807) is 6.07 Å². The van der Waals surface area contributed by atoms with Crippen LogP contribution in [0, 0.1) is 13.8 Å². The molecule has 19 heavy (non-hydrogen) atoms. The first-order valence-electron chi connectivity index (χ1n) is 6.29. The van der Waals surface area contributed by atoms with Gasteiger partial charge in [0.1, 0.15) is 11.6 Å². The zero-order chi connectivity index (χ0) is 13.4. The normalized spacial score (nSPS) is 11.1. The summed E-state index contributed by atoms with van der Waals surface area (Å²) in [5.74, 6) is 1.42. The maximum atomic E-state index is 5.66. The quantitative estimate of drug-likeness (QED) is 0.737. The summed E-state index contributed by atoms with van der Waals surface area (Å²) in [5.41, 5.74) is 11.1. The fraction of sp³-hybridized carbons (Fsp3) is 0.200. The van der Waals surface area contributed by atoms with Crippen LogP contribution in [0.15, 0.2) is 30.3 Å². The number of nitrogens with zero attached hydrogens (tertiary/aromatic N) is 2. The maximum absolute atomic E-state index is 5.66. The summed E-state index contributed by atoms with van der Waals surface area (Å²) >= 11 is 0. The fourth-order valence-electron chi connectivity index (χ4n) is 2.21. The van der Waals surface area contributed by atoms with E-state index in [-0.39, 0.29) is 0 Å². The lowest BCUT2D eigenvalue weighted by Gasteiger charge is -2.04. The summed E-state index contributed by atoms with van der Waals surface area (Å²) in [6.45, 7) is 4.22. The molecule has 2 heterocycles. The van der Waals surface area contributed by atoms with Crippen molar-refractivity contribution in [1.29, 1.82) is 0 Å². The first-order valence-corrected chi connectivity index (χ1v) is 6.29. The molecule has 0 amide bonds. The minimum atomic E-state index is 0.497. The van der Waals surface area contributed by atoms with Gasteiger partial charge in [0.05, 0.1) is 5.52 Å². The Bertz CT molecular complexity index is 743. The lowest BCUT2D eigenvalue weighted by Crippen LogP contribution is -1.94. The summed E-state index contributed by atoms with van der Waals surface area (Å²) in [7, 11) is 0. The molecule has 1 aromatic carbocycles. The summed E-state index contributed by atoms with van der Waals surface area (Å²) in [6, 6.07) is 10.2. The molecule has 3 rings (SSSR count). The van der Waals surface area contributed by atoms with Crippen LogP contribution in [0.25, 0.3) is 11.2 Å². The zero-order valence-corrected chi connectivity index (χ0v) is 11.1. The Morgan fingerprint density at radius 2 is 1.95 bits per heavy atom. The van der Waals surface area contributed by atoms with Gasteiger partial charge in [-0.05, 0) is 37.1 Å². The van der Waals surface area contributed by atoms with Gasteiger partial charge in [-0.15, -0.1) is 0 Å². The minimum absolute atomic E-state index is 0.497. The van der Waals surface area contributed by atoms with Gasteiger partial charge in [-0.3, -0.25) is 0 Å². The second-order valence-corrected chi connectivity index (χ2v) is 4.90. The number of rotatable bonds is 2. The van der Waals surface area contributed by atoms with Crippen molar-refractivity contribution in [1.82, 2.24) is 15.0 Å². The third kappa shape index (κ3) is 2.29. The van der Waals surface area contributed by atoms with Crippen molar-refractivity contribution in [2.75, 3.05) is 5.73 Å². The highest BCUT2D eigenvalue weighted by atomic mass is 15.0. The molecule has 3 aromatic rings. The zero-order valence-electron chi connectivity index (χ0n) is 11.1. The number of hydrogen-bond acceptors (Lipinski definition) is 3. The van der Waals surface area contributed by atoms with Gasteiger partial charge in [0.25, 0.3) is 0 Å². The average Bonchev–Trinajstić information content (AvgIpc) is 2.75. The van der Waals surface area contributed by atoms with Gasteiger partial charge in [0.2, 0.25) is 0 Å². The standard InChI is InChI=1S/C15H16N4/c1-9-3-4-10(2)11(7-9)8-14-17-12-5-6-13(16)18-15(12)19-14/h3-7H,8H2,1-2H3,(H3,16,17,18,19). The smallest absolute Gasteiger partial charge is 0.179 e. The van der Waals surface area contributed by atoms with Crippen LogP contribution >= 0.6 is 0 Å². The van der Waals surface area contributed by atoms with Crippen molar-refractivity contribution in [2.45, 2.75) is 20.3 Å². The molecule has 0 fully saturated rings. The summed E-state index contributed by atoms with van der Waals surface area (Å²) in [6.07, 6.45) is 0.782. The number of aromatic nitrogens is 3. The van der Waals surface area contributed by atoms with Gasteiger partial charge in [0.15, 0.2) is 5.65 Å². The Labute approximate surface area is 111 Å². The Morgan fingerprint density at radius 3 is 2.79 bits per heavy atom. The molecule has 0 saturated carbocycles. The lowest BCUT2D eigenvalue weighted by atomic mass is 10.0. The second-order valence-electron chi connectivity index (χ2n) is 4.90. The van der Waals surface area contributed by atoms with Crippen LogP contribution in [0.4, 0.5) is 5.82 Å². The van der Waals surface area contributed by atoms with Crippen molar-refractivity contribution in [3.8, 4) is 0 Å². The fourth-order valence-corrected chi connectivity index (χ4v) is 2.21. The monoisotopic (exact) mass is 252 g/mol. The SMILES string of the molecule is Cc1ccc(C)c(Cc2nc3nc(N)ccc3[nH]2)c1. The van der Waals surface area contributed by atoms with Gasteiger partial charge in [-0.1, -0.05) is 23.8 Å². The van der Waals surface area contributed by atoms with E-state index in [1.807, 2.05) is 6.07 Å². The van der Waals surface area contributed by atoms with E-state index in [4.69, 9.17) is 5.73 Å². The Kier molecular flexibility index (Phi) is 2.71. The molecule has 96 valence electrons. The number of pyridine rings is 1. The Morgan fingerprint density at radius 1 is 1.11 bits per heavy atom. The number of nitrogens with two attached hydrogens (primary N) is 1. The molecule has 0 saturated heterocycles. The molecule has 4 heteroatoms. The Balaban J connectivity index is 1.98. The number of hydrogen-bond donors (Lipinski definition) is 2. The molecule has 4 nitrogen and oxygen atoms in total. The van der Waals surface area contributed by atoms with Crippen molar-refractivity contribution >= 4 is 17.0 Å². The molecule has 0 atom stereocenters. The van der Waals surface area contributed by atoms with E-state index in [2.05, 4.69) is 47.0 Å². The molecule has 0 spiro atoms. The largest absolute Gasteiger partial charge is 0.384 e. The number of nitrogens with one attached hydrogen (secondary N) is 1. The van der Waals surface area contributed by atoms with Crippen molar-refractivity contribution < 1.29 is 0 Å². The number of imidazole rings is 1. The van der Waals surface area contributed by atoms with E-state index >= 15 is 0 Å². The van der Waals surface area contributed by atoms with Crippen LogP contribution < -0.4 is 5.73 Å². The molecule has 0 aliphatic rings. The van der Waals surface area contributed by atoms with Crippen molar-refractivity contribution in [3.05, 3.63) is 52.8 Å². The molecule has 2 aromatic heterocycles. The van der Waals surface area contributed by atoms with E-state index in [1.165, 1.54) is 16.7 Å². The lowest BCUT2D eigenvalue weighted by molar-refractivity contribution is 1.02. The molecule has 0 aliphatic carbocycles. The third-order valence-corrected chi connectivity index (χ3v) is 3.28. The minimum Gasteiger partial charge on any atom is -0.384 e. The van der Waals surface area contributed by atoms with Crippen molar-refractivity contribution in [2.24, 2.45) is 0 Å².